The first kappa shape index (κ1) is 10.8. The standard InChI is InChI=1S/C6H17N3O2/c1-2-9(11)6-5-7-3-4-8-10/h7-8,10-11H,2-6H2,1H3. The number of hydrogen-bond donors (Lipinski definition) is 4. The molecule has 0 radical (unpaired) electrons. The van der Waals surface area contributed by atoms with Crippen molar-refractivity contribution in [2.45, 2.75) is 6.92 Å². The Morgan fingerprint density at radius 1 is 1.27 bits per heavy atom. The zero-order valence-corrected chi connectivity index (χ0v) is 6.88. The highest BCUT2D eigenvalue weighted by molar-refractivity contribution is 4.49. The maximum Gasteiger partial charge on any atom is 0.0363 e. The molecule has 0 aliphatic carbocycles. The summed E-state index contributed by atoms with van der Waals surface area (Å²) in [7, 11) is 0. The molecule has 0 atom stereocenters. The van der Waals surface area contributed by atoms with E-state index in [4.69, 9.17) is 10.4 Å². The highest BCUT2D eigenvalue weighted by atomic mass is 16.5. The van der Waals surface area contributed by atoms with Crippen LogP contribution in [0, 0.1) is 0 Å². The molecular formula is C6H17N3O2. The van der Waals surface area contributed by atoms with Gasteiger partial charge in [-0.05, 0) is 0 Å². The fraction of sp³-hybridized carbons (Fsp3) is 1.00. The summed E-state index contributed by atoms with van der Waals surface area (Å²) in [6.07, 6.45) is 0. The average molecular weight is 163 g/mol. The molecule has 0 aliphatic heterocycles. The van der Waals surface area contributed by atoms with Crippen LogP contribution in [0.15, 0.2) is 0 Å². The highest BCUT2D eigenvalue weighted by Gasteiger charge is 1.93. The molecule has 11 heavy (non-hydrogen) atoms. The molecule has 0 aromatic rings. The van der Waals surface area contributed by atoms with Gasteiger partial charge in [0.1, 0.15) is 0 Å². The molecule has 0 amide bonds. The molecule has 68 valence electrons. The largest absolute Gasteiger partial charge is 0.317 e. The predicted octanol–water partition coefficient (Wildman–Crippen LogP) is -0.734. The third-order valence-corrected chi connectivity index (χ3v) is 1.33. The van der Waals surface area contributed by atoms with Crippen LogP contribution in [0.5, 0.6) is 0 Å². The van der Waals surface area contributed by atoms with Gasteiger partial charge in [0.25, 0.3) is 0 Å². The van der Waals surface area contributed by atoms with Crippen LogP contribution in [0.2, 0.25) is 0 Å². The molecule has 0 saturated carbocycles. The lowest BCUT2D eigenvalue weighted by Gasteiger charge is -2.11. The van der Waals surface area contributed by atoms with Gasteiger partial charge in [-0.25, -0.2) is 5.48 Å². The van der Waals surface area contributed by atoms with Crippen molar-refractivity contribution in [3.8, 4) is 0 Å². The zero-order chi connectivity index (χ0) is 8.53. The van der Waals surface area contributed by atoms with E-state index in [0.717, 1.165) is 6.54 Å². The van der Waals surface area contributed by atoms with E-state index in [0.29, 0.717) is 26.2 Å². The second kappa shape index (κ2) is 7.90. The van der Waals surface area contributed by atoms with Gasteiger partial charge in [-0.3, -0.25) is 0 Å². The maximum absolute atomic E-state index is 8.94. The molecule has 0 saturated heterocycles. The second-order valence-corrected chi connectivity index (χ2v) is 2.20. The number of nitrogens with zero attached hydrogens (tertiary/aromatic N) is 1. The summed E-state index contributed by atoms with van der Waals surface area (Å²) >= 11 is 0. The van der Waals surface area contributed by atoms with Crippen LogP contribution in [0.1, 0.15) is 6.92 Å². The summed E-state index contributed by atoms with van der Waals surface area (Å²) in [4.78, 5) is 0. The van der Waals surface area contributed by atoms with Crippen molar-refractivity contribution < 1.29 is 10.4 Å². The molecule has 5 heteroatoms. The van der Waals surface area contributed by atoms with E-state index in [-0.39, 0.29) is 0 Å². The van der Waals surface area contributed by atoms with Gasteiger partial charge < -0.3 is 15.7 Å². The van der Waals surface area contributed by atoms with Crippen LogP contribution in [-0.4, -0.2) is 48.2 Å². The molecule has 0 rings (SSSR count). The summed E-state index contributed by atoms with van der Waals surface area (Å²) in [5, 5.41) is 21.4. The van der Waals surface area contributed by atoms with Crippen molar-refractivity contribution in [1.82, 2.24) is 15.9 Å². The van der Waals surface area contributed by atoms with Gasteiger partial charge in [-0.2, -0.15) is 5.06 Å². The van der Waals surface area contributed by atoms with Crippen molar-refractivity contribution in [3.63, 3.8) is 0 Å². The summed E-state index contributed by atoms with van der Waals surface area (Å²) in [5.74, 6) is 0. The monoisotopic (exact) mass is 163 g/mol. The van der Waals surface area contributed by atoms with Crippen molar-refractivity contribution in [1.29, 1.82) is 0 Å². The number of likely N-dealkylation sites (N-methyl/N-ethyl adjacent to an activating group) is 1. The Morgan fingerprint density at radius 3 is 2.55 bits per heavy atom. The van der Waals surface area contributed by atoms with Gasteiger partial charge in [0.2, 0.25) is 0 Å². The fourth-order valence-electron chi connectivity index (χ4n) is 0.636. The Morgan fingerprint density at radius 2 is 2.00 bits per heavy atom. The summed E-state index contributed by atoms with van der Waals surface area (Å²) < 4.78 is 0. The molecule has 0 fully saturated rings. The minimum atomic E-state index is 0.525. The molecule has 0 bridgehead atoms. The van der Waals surface area contributed by atoms with Crippen LogP contribution >= 0.6 is 0 Å². The van der Waals surface area contributed by atoms with E-state index in [2.05, 4.69) is 5.32 Å². The van der Waals surface area contributed by atoms with E-state index in [1.54, 1.807) is 0 Å². The first-order valence-electron chi connectivity index (χ1n) is 3.82. The molecule has 0 aromatic heterocycles. The number of hydroxylamine groups is 3. The average Bonchev–Trinajstić information content (AvgIpc) is 2.04. The topological polar surface area (TPSA) is 67.8 Å². The molecular weight excluding hydrogens is 146 g/mol. The first-order valence-corrected chi connectivity index (χ1v) is 3.82. The lowest BCUT2D eigenvalue weighted by atomic mass is 10.5. The van der Waals surface area contributed by atoms with E-state index in [9.17, 15) is 0 Å². The van der Waals surface area contributed by atoms with Gasteiger partial charge in [0.15, 0.2) is 0 Å². The normalized spacial score (nSPS) is 10.9. The van der Waals surface area contributed by atoms with Gasteiger partial charge in [0, 0.05) is 32.7 Å². The molecule has 5 nitrogen and oxygen atoms in total. The predicted molar refractivity (Wildman–Crippen MR) is 41.7 cm³/mol. The molecule has 0 aliphatic rings. The zero-order valence-electron chi connectivity index (χ0n) is 6.88. The van der Waals surface area contributed by atoms with Crippen LogP contribution in [0.25, 0.3) is 0 Å². The number of rotatable bonds is 7. The van der Waals surface area contributed by atoms with E-state index < -0.39 is 0 Å². The van der Waals surface area contributed by atoms with Crippen molar-refractivity contribution in [2.24, 2.45) is 0 Å². The number of nitrogens with one attached hydrogen (secondary N) is 2. The fourth-order valence-corrected chi connectivity index (χ4v) is 0.636. The third-order valence-electron chi connectivity index (χ3n) is 1.33. The first-order chi connectivity index (χ1) is 5.31. The van der Waals surface area contributed by atoms with Crippen LogP contribution < -0.4 is 10.8 Å². The van der Waals surface area contributed by atoms with E-state index >= 15 is 0 Å². The Hall–Kier alpha value is -0.200. The van der Waals surface area contributed by atoms with Gasteiger partial charge >= 0.3 is 0 Å². The number of hydrogen-bond acceptors (Lipinski definition) is 5. The molecule has 0 heterocycles. The lowest BCUT2D eigenvalue weighted by molar-refractivity contribution is -0.0845. The van der Waals surface area contributed by atoms with Crippen LogP contribution in [0.3, 0.4) is 0 Å². The molecule has 0 aromatic carbocycles. The van der Waals surface area contributed by atoms with Crippen molar-refractivity contribution in [3.05, 3.63) is 0 Å². The third kappa shape index (κ3) is 7.70. The minimum absolute atomic E-state index is 0.525. The Labute approximate surface area is 66.9 Å². The van der Waals surface area contributed by atoms with Crippen LogP contribution in [0.4, 0.5) is 0 Å². The maximum atomic E-state index is 8.94. The summed E-state index contributed by atoms with van der Waals surface area (Å²) in [6.45, 7) is 5.09. The van der Waals surface area contributed by atoms with E-state index in [1.807, 2.05) is 12.4 Å². The Balaban J connectivity index is 2.89. The van der Waals surface area contributed by atoms with Crippen molar-refractivity contribution in [2.75, 3.05) is 32.7 Å². The summed E-state index contributed by atoms with van der Waals surface area (Å²) in [5.41, 5.74) is 2.03. The van der Waals surface area contributed by atoms with Crippen molar-refractivity contribution >= 4 is 0 Å². The lowest BCUT2D eigenvalue weighted by Crippen LogP contribution is -2.32. The van der Waals surface area contributed by atoms with Gasteiger partial charge in [-0.15, -0.1) is 0 Å². The van der Waals surface area contributed by atoms with Crippen LogP contribution in [-0.2, 0) is 0 Å². The Kier molecular flexibility index (Phi) is 7.76. The quantitative estimate of drug-likeness (QED) is 0.294. The summed E-state index contributed by atoms with van der Waals surface area (Å²) in [6, 6.07) is 0. The Bertz CT molecular complexity index is 82.2. The SMILES string of the molecule is CCN(O)CCNCCNO. The second-order valence-electron chi connectivity index (χ2n) is 2.20. The van der Waals surface area contributed by atoms with Gasteiger partial charge in [0.05, 0.1) is 0 Å². The molecule has 0 unspecified atom stereocenters. The van der Waals surface area contributed by atoms with Gasteiger partial charge in [-0.1, -0.05) is 6.92 Å². The molecule has 0 spiro atoms. The minimum Gasteiger partial charge on any atom is -0.317 e. The highest BCUT2D eigenvalue weighted by Crippen LogP contribution is 1.75. The smallest absolute Gasteiger partial charge is 0.0363 e. The molecule has 4 N–H and O–H groups in total. The van der Waals surface area contributed by atoms with E-state index in [1.165, 1.54) is 5.06 Å².